The SMILES string of the molecule is Cc1nn(-c2ccc(Br)cc2)cc1CN[C@@H](CC(C)C)C(=O)O. The van der Waals surface area contributed by atoms with Crippen LogP contribution in [0.4, 0.5) is 0 Å². The molecule has 0 saturated carbocycles. The molecule has 2 rings (SSSR count). The Kier molecular flexibility index (Phi) is 5.96. The van der Waals surface area contributed by atoms with Crippen LogP contribution in [-0.2, 0) is 11.3 Å². The number of carboxylic acid groups (broad SMARTS) is 1. The van der Waals surface area contributed by atoms with E-state index in [1.54, 1.807) is 0 Å². The van der Waals surface area contributed by atoms with Gasteiger partial charge in [-0.1, -0.05) is 29.8 Å². The molecule has 0 radical (unpaired) electrons. The van der Waals surface area contributed by atoms with Crippen molar-refractivity contribution >= 4 is 21.9 Å². The fraction of sp³-hybridized carbons (Fsp3) is 0.412. The highest BCUT2D eigenvalue weighted by Crippen LogP contribution is 2.16. The van der Waals surface area contributed by atoms with Crippen LogP contribution >= 0.6 is 15.9 Å². The van der Waals surface area contributed by atoms with E-state index in [1.165, 1.54) is 0 Å². The summed E-state index contributed by atoms with van der Waals surface area (Å²) in [4.78, 5) is 11.3. The number of carboxylic acids is 1. The molecular formula is C17H22BrN3O2. The number of nitrogens with zero attached hydrogens (tertiary/aromatic N) is 2. The van der Waals surface area contributed by atoms with Crippen LogP contribution in [-0.4, -0.2) is 26.9 Å². The molecule has 2 aromatic rings. The number of hydrogen-bond acceptors (Lipinski definition) is 3. The van der Waals surface area contributed by atoms with Gasteiger partial charge in [0.05, 0.1) is 11.4 Å². The second kappa shape index (κ2) is 7.75. The van der Waals surface area contributed by atoms with Gasteiger partial charge in [-0.15, -0.1) is 0 Å². The summed E-state index contributed by atoms with van der Waals surface area (Å²) in [5.41, 5.74) is 2.87. The molecule has 0 aliphatic heterocycles. The second-order valence-electron chi connectivity index (χ2n) is 6.06. The summed E-state index contributed by atoms with van der Waals surface area (Å²) in [5.74, 6) is -0.480. The Bertz CT molecular complexity index is 665. The molecule has 0 bridgehead atoms. The smallest absolute Gasteiger partial charge is 0.320 e. The Morgan fingerprint density at radius 1 is 1.35 bits per heavy atom. The first-order valence-electron chi connectivity index (χ1n) is 7.64. The lowest BCUT2D eigenvalue weighted by Crippen LogP contribution is -2.37. The number of carbonyl (C=O) groups is 1. The Hall–Kier alpha value is -1.66. The van der Waals surface area contributed by atoms with E-state index in [0.717, 1.165) is 21.4 Å². The minimum absolute atomic E-state index is 0.329. The Balaban J connectivity index is 2.09. The molecule has 124 valence electrons. The molecular weight excluding hydrogens is 358 g/mol. The summed E-state index contributed by atoms with van der Waals surface area (Å²) < 4.78 is 2.83. The van der Waals surface area contributed by atoms with Gasteiger partial charge in [0.25, 0.3) is 0 Å². The van der Waals surface area contributed by atoms with E-state index in [0.29, 0.717) is 18.9 Å². The molecule has 0 amide bonds. The normalized spacial score (nSPS) is 12.6. The largest absolute Gasteiger partial charge is 0.480 e. The van der Waals surface area contributed by atoms with Gasteiger partial charge in [-0.25, -0.2) is 4.68 Å². The average molecular weight is 380 g/mol. The van der Waals surface area contributed by atoms with Crippen molar-refractivity contribution in [2.75, 3.05) is 0 Å². The van der Waals surface area contributed by atoms with Crippen molar-refractivity contribution in [1.82, 2.24) is 15.1 Å². The molecule has 1 aromatic carbocycles. The molecule has 1 atom stereocenters. The molecule has 0 unspecified atom stereocenters. The molecule has 2 N–H and O–H groups in total. The minimum atomic E-state index is -0.809. The summed E-state index contributed by atoms with van der Waals surface area (Å²) in [7, 11) is 0. The highest BCUT2D eigenvalue weighted by molar-refractivity contribution is 9.10. The third-order valence-electron chi connectivity index (χ3n) is 3.64. The molecule has 0 saturated heterocycles. The lowest BCUT2D eigenvalue weighted by atomic mass is 10.0. The molecule has 6 heteroatoms. The first-order valence-corrected chi connectivity index (χ1v) is 8.43. The Morgan fingerprint density at radius 2 is 2.00 bits per heavy atom. The van der Waals surface area contributed by atoms with Crippen molar-refractivity contribution in [2.45, 2.75) is 39.8 Å². The van der Waals surface area contributed by atoms with E-state index in [9.17, 15) is 9.90 Å². The molecule has 0 spiro atoms. The van der Waals surface area contributed by atoms with E-state index in [-0.39, 0.29) is 0 Å². The van der Waals surface area contributed by atoms with Gasteiger partial charge in [0.2, 0.25) is 0 Å². The van der Waals surface area contributed by atoms with Crippen molar-refractivity contribution < 1.29 is 9.90 Å². The van der Waals surface area contributed by atoms with Crippen LogP contribution in [0.5, 0.6) is 0 Å². The monoisotopic (exact) mass is 379 g/mol. The fourth-order valence-corrected chi connectivity index (χ4v) is 2.64. The maximum atomic E-state index is 11.3. The zero-order valence-electron chi connectivity index (χ0n) is 13.6. The minimum Gasteiger partial charge on any atom is -0.480 e. The topological polar surface area (TPSA) is 67.2 Å². The number of halogens is 1. The van der Waals surface area contributed by atoms with E-state index in [4.69, 9.17) is 0 Å². The average Bonchev–Trinajstić information content (AvgIpc) is 2.85. The first kappa shape index (κ1) is 17.7. The van der Waals surface area contributed by atoms with Crippen LogP contribution in [0.2, 0.25) is 0 Å². The summed E-state index contributed by atoms with van der Waals surface area (Å²) in [5, 5.41) is 16.9. The van der Waals surface area contributed by atoms with E-state index in [1.807, 2.05) is 55.9 Å². The van der Waals surface area contributed by atoms with Crippen molar-refractivity contribution in [3.8, 4) is 5.69 Å². The second-order valence-corrected chi connectivity index (χ2v) is 6.98. The van der Waals surface area contributed by atoms with E-state index >= 15 is 0 Å². The van der Waals surface area contributed by atoms with Crippen molar-refractivity contribution in [2.24, 2.45) is 5.92 Å². The molecule has 23 heavy (non-hydrogen) atoms. The first-order chi connectivity index (χ1) is 10.9. The standard InChI is InChI=1S/C17H22BrN3O2/c1-11(2)8-16(17(22)23)19-9-13-10-21(20-12(13)3)15-6-4-14(18)5-7-15/h4-7,10-11,16,19H,8-9H2,1-3H3,(H,22,23)/t16-/m0/s1. The highest BCUT2D eigenvalue weighted by atomic mass is 79.9. The molecule has 5 nitrogen and oxygen atoms in total. The van der Waals surface area contributed by atoms with Crippen molar-refractivity contribution in [3.63, 3.8) is 0 Å². The predicted molar refractivity (Wildman–Crippen MR) is 93.7 cm³/mol. The van der Waals surface area contributed by atoms with Gasteiger partial charge < -0.3 is 10.4 Å². The van der Waals surface area contributed by atoms with E-state index in [2.05, 4.69) is 26.3 Å². The van der Waals surface area contributed by atoms with Gasteiger partial charge in [0, 0.05) is 22.8 Å². The maximum absolute atomic E-state index is 11.3. The van der Waals surface area contributed by atoms with Gasteiger partial charge >= 0.3 is 5.97 Å². The molecule has 1 heterocycles. The number of hydrogen-bond donors (Lipinski definition) is 2. The van der Waals surface area contributed by atoms with Crippen LogP contribution in [0.25, 0.3) is 5.69 Å². The van der Waals surface area contributed by atoms with Gasteiger partial charge in [-0.3, -0.25) is 4.79 Å². The van der Waals surface area contributed by atoms with Gasteiger partial charge in [-0.2, -0.15) is 5.10 Å². The summed E-state index contributed by atoms with van der Waals surface area (Å²) >= 11 is 3.42. The summed E-state index contributed by atoms with van der Waals surface area (Å²) in [6.07, 6.45) is 2.55. The van der Waals surface area contributed by atoms with Crippen LogP contribution in [0.15, 0.2) is 34.9 Å². The Labute approximate surface area is 144 Å². The molecule has 0 aliphatic carbocycles. The van der Waals surface area contributed by atoms with Crippen molar-refractivity contribution in [1.29, 1.82) is 0 Å². The van der Waals surface area contributed by atoms with Crippen LogP contribution in [0, 0.1) is 12.8 Å². The summed E-state index contributed by atoms with van der Waals surface area (Å²) in [6.45, 7) is 6.47. The lowest BCUT2D eigenvalue weighted by molar-refractivity contribution is -0.140. The van der Waals surface area contributed by atoms with Crippen LogP contribution in [0.1, 0.15) is 31.5 Å². The summed E-state index contributed by atoms with van der Waals surface area (Å²) in [6, 6.07) is 7.35. The highest BCUT2D eigenvalue weighted by Gasteiger charge is 2.19. The fourth-order valence-electron chi connectivity index (χ4n) is 2.37. The number of nitrogens with one attached hydrogen (secondary N) is 1. The number of aromatic nitrogens is 2. The molecule has 0 fully saturated rings. The lowest BCUT2D eigenvalue weighted by Gasteiger charge is -2.16. The van der Waals surface area contributed by atoms with Crippen LogP contribution in [0.3, 0.4) is 0 Å². The van der Waals surface area contributed by atoms with Gasteiger partial charge in [0.15, 0.2) is 0 Å². The molecule has 1 aromatic heterocycles. The zero-order chi connectivity index (χ0) is 17.0. The Morgan fingerprint density at radius 3 is 2.57 bits per heavy atom. The number of aliphatic carboxylic acids is 1. The quantitative estimate of drug-likeness (QED) is 0.771. The number of benzene rings is 1. The van der Waals surface area contributed by atoms with Gasteiger partial charge in [0.1, 0.15) is 6.04 Å². The van der Waals surface area contributed by atoms with Gasteiger partial charge in [-0.05, 0) is 43.5 Å². The third kappa shape index (κ3) is 4.91. The zero-order valence-corrected chi connectivity index (χ0v) is 15.2. The third-order valence-corrected chi connectivity index (χ3v) is 4.16. The predicted octanol–water partition coefficient (Wildman–Crippen LogP) is 3.53. The number of rotatable bonds is 7. The maximum Gasteiger partial charge on any atom is 0.320 e. The number of aryl methyl sites for hydroxylation is 1. The molecule has 0 aliphatic rings. The van der Waals surface area contributed by atoms with Crippen LogP contribution < -0.4 is 5.32 Å². The van der Waals surface area contributed by atoms with Crippen molar-refractivity contribution in [3.05, 3.63) is 46.2 Å². The van der Waals surface area contributed by atoms with E-state index < -0.39 is 12.0 Å².